The summed E-state index contributed by atoms with van der Waals surface area (Å²) in [6, 6.07) is 0.171. The molecule has 2 atom stereocenters. The van der Waals surface area contributed by atoms with E-state index in [0.717, 1.165) is 6.42 Å². The standard InChI is InChI=1S/C7H13NO/c1-5-2-6(8)4-7(9)3-5/h3,5-6,9H,2,4,8H2,1H3. The van der Waals surface area contributed by atoms with Crippen LogP contribution in [0.25, 0.3) is 0 Å². The topological polar surface area (TPSA) is 46.2 Å². The number of hydrogen-bond donors (Lipinski definition) is 2. The first-order chi connectivity index (χ1) is 4.18. The summed E-state index contributed by atoms with van der Waals surface area (Å²) in [5, 5.41) is 9.03. The molecule has 0 saturated heterocycles. The molecular formula is C7H13NO. The lowest BCUT2D eigenvalue weighted by Gasteiger charge is -2.19. The van der Waals surface area contributed by atoms with Gasteiger partial charge in [0.15, 0.2) is 0 Å². The van der Waals surface area contributed by atoms with Gasteiger partial charge < -0.3 is 10.8 Å². The number of allylic oxidation sites excluding steroid dienone is 1. The van der Waals surface area contributed by atoms with Gasteiger partial charge in [0.1, 0.15) is 0 Å². The molecule has 0 radical (unpaired) electrons. The lowest BCUT2D eigenvalue weighted by atomic mass is 9.93. The molecule has 0 amide bonds. The van der Waals surface area contributed by atoms with Gasteiger partial charge in [-0.25, -0.2) is 0 Å². The van der Waals surface area contributed by atoms with E-state index in [4.69, 9.17) is 10.8 Å². The van der Waals surface area contributed by atoms with Crippen LogP contribution in [0.4, 0.5) is 0 Å². The van der Waals surface area contributed by atoms with Gasteiger partial charge in [-0.05, 0) is 18.4 Å². The summed E-state index contributed by atoms with van der Waals surface area (Å²) in [6.45, 7) is 2.06. The van der Waals surface area contributed by atoms with E-state index in [1.165, 1.54) is 0 Å². The maximum Gasteiger partial charge on any atom is 0.0901 e. The zero-order valence-electron chi connectivity index (χ0n) is 5.67. The van der Waals surface area contributed by atoms with E-state index in [0.29, 0.717) is 18.1 Å². The lowest BCUT2D eigenvalue weighted by Crippen LogP contribution is -2.26. The van der Waals surface area contributed by atoms with Crippen LogP contribution in [0.5, 0.6) is 0 Å². The van der Waals surface area contributed by atoms with Crippen molar-refractivity contribution in [3.63, 3.8) is 0 Å². The molecule has 1 aliphatic carbocycles. The van der Waals surface area contributed by atoms with Crippen molar-refractivity contribution >= 4 is 0 Å². The fourth-order valence-corrected chi connectivity index (χ4v) is 1.29. The zero-order valence-corrected chi connectivity index (χ0v) is 5.67. The quantitative estimate of drug-likeness (QED) is 0.513. The molecule has 0 spiro atoms. The molecular weight excluding hydrogens is 114 g/mol. The highest BCUT2D eigenvalue weighted by molar-refractivity contribution is 5.02. The summed E-state index contributed by atoms with van der Waals surface area (Å²) in [6.07, 6.45) is 3.54. The van der Waals surface area contributed by atoms with Gasteiger partial charge in [-0.15, -0.1) is 0 Å². The number of nitrogens with two attached hydrogens (primary N) is 1. The zero-order chi connectivity index (χ0) is 6.85. The van der Waals surface area contributed by atoms with Crippen molar-refractivity contribution in [3.8, 4) is 0 Å². The van der Waals surface area contributed by atoms with E-state index in [1.54, 1.807) is 0 Å². The van der Waals surface area contributed by atoms with Gasteiger partial charge in [0.2, 0.25) is 0 Å². The third-order valence-electron chi connectivity index (χ3n) is 1.62. The molecule has 1 aliphatic rings. The number of aliphatic hydroxyl groups excluding tert-OH is 1. The Hall–Kier alpha value is -0.500. The van der Waals surface area contributed by atoms with Crippen LogP contribution in [-0.4, -0.2) is 11.1 Å². The fourth-order valence-electron chi connectivity index (χ4n) is 1.29. The first kappa shape index (κ1) is 6.62. The van der Waals surface area contributed by atoms with Crippen molar-refractivity contribution < 1.29 is 5.11 Å². The average molecular weight is 127 g/mol. The largest absolute Gasteiger partial charge is 0.513 e. The van der Waals surface area contributed by atoms with Crippen LogP contribution < -0.4 is 5.73 Å². The second-order valence-electron chi connectivity index (χ2n) is 2.84. The van der Waals surface area contributed by atoms with E-state index in [1.807, 2.05) is 6.08 Å². The van der Waals surface area contributed by atoms with Gasteiger partial charge in [0, 0.05) is 12.5 Å². The first-order valence-corrected chi connectivity index (χ1v) is 3.33. The van der Waals surface area contributed by atoms with Gasteiger partial charge in [-0.1, -0.05) is 6.92 Å². The van der Waals surface area contributed by atoms with Gasteiger partial charge in [0.25, 0.3) is 0 Å². The highest BCUT2D eigenvalue weighted by Gasteiger charge is 2.14. The van der Waals surface area contributed by atoms with Crippen molar-refractivity contribution in [3.05, 3.63) is 11.8 Å². The third kappa shape index (κ3) is 1.72. The summed E-state index contributed by atoms with van der Waals surface area (Å²) in [7, 11) is 0. The molecule has 1 rings (SSSR count). The molecule has 52 valence electrons. The summed E-state index contributed by atoms with van der Waals surface area (Å²) in [5.41, 5.74) is 5.61. The Morgan fingerprint density at radius 2 is 2.44 bits per heavy atom. The van der Waals surface area contributed by atoms with Crippen LogP contribution >= 0.6 is 0 Å². The molecule has 2 unspecified atom stereocenters. The van der Waals surface area contributed by atoms with E-state index in [2.05, 4.69) is 6.92 Å². The van der Waals surface area contributed by atoms with E-state index >= 15 is 0 Å². The Balaban J connectivity index is 2.56. The molecule has 0 aromatic heterocycles. The molecule has 3 N–H and O–H groups in total. The normalized spacial score (nSPS) is 36.0. The lowest BCUT2D eigenvalue weighted by molar-refractivity contribution is 0.334. The van der Waals surface area contributed by atoms with Crippen molar-refractivity contribution in [1.29, 1.82) is 0 Å². The Bertz CT molecular complexity index is 131. The van der Waals surface area contributed by atoms with Crippen molar-refractivity contribution in [1.82, 2.24) is 0 Å². The Kier molecular flexibility index (Phi) is 1.76. The second kappa shape index (κ2) is 2.40. The van der Waals surface area contributed by atoms with Crippen molar-refractivity contribution in [2.75, 3.05) is 0 Å². The van der Waals surface area contributed by atoms with Gasteiger partial charge >= 0.3 is 0 Å². The Morgan fingerprint density at radius 1 is 1.78 bits per heavy atom. The predicted molar refractivity (Wildman–Crippen MR) is 37.1 cm³/mol. The average Bonchev–Trinajstić information content (AvgIpc) is 1.59. The number of hydrogen-bond acceptors (Lipinski definition) is 2. The summed E-state index contributed by atoms with van der Waals surface area (Å²) < 4.78 is 0. The minimum atomic E-state index is 0.171. The van der Waals surface area contributed by atoms with Crippen molar-refractivity contribution in [2.24, 2.45) is 11.7 Å². The fraction of sp³-hybridized carbons (Fsp3) is 0.714. The van der Waals surface area contributed by atoms with Crippen LogP contribution in [0.3, 0.4) is 0 Å². The molecule has 0 aliphatic heterocycles. The molecule has 0 bridgehead atoms. The Labute approximate surface area is 55.4 Å². The summed E-state index contributed by atoms with van der Waals surface area (Å²) in [4.78, 5) is 0. The van der Waals surface area contributed by atoms with Crippen LogP contribution in [0.1, 0.15) is 19.8 Å². The first-order valence-electron chi connectivity index (χ1n) is 3.33. The number of aliphatic hydroxyl groups is 1. The Morgan fingerprint density at radius 3 is 2.89 bits per heavy atom. The highest BCUT2D eigenvalue weighted by atomic mass is 16.3. The second-order valence-corrected chi connectivity index (χ2v) is 2.84. The minimum Gasteiger partial charge on any atom is -0.513 e. The molecule has 2 heteroatoms. The van der Waals surface area contributed by atoms with Crippen molar-refractivity contribution in [2.45, 2.75) is 25.8 Å². The molecule has 0 aromatic rings. The monoisotopic (exact) mass is 127 g/mol. The van der Waals surface area contributed by atoms with Gasteiger partial charge in [-0.2, -0.15) is 0 Å². The molecule has 0 aromatic carbocycles. The van der Waals surface area contributed by atoms with Crippen LogP contribution in [-0.2, 0) is 0 Å². The maximum atomic E-state index is 9.03. The maximum absolute atomic E-state index is 9.03. The highest BCUT2D eigenvalue weighted by Crippen LogP contribution is 2.19. The molecule has 9 heavy (non-hydrogen) atoms. The van der Waals surface area contributed by atoms with Crippen LogP contribution in [0.2, 0.25) is 0 Å². The van der Waals surface area contributed by atoms with Gasteiger partial charge in [0.05, 0.1) is 5.76 Å². The van der Waals surface area contributed by atoms with Crippen LogP contribution in [0.15, 0.2) is 11.8 Å². The third-order valence-corrected chi connectivity index (χ3v) is 1.62. The van der Waals surface area contributed by atoms with Crippen LogP contribution in [0, 0.1) is 5.92 Å². The molecule has 2 nitrogen and oxygen atoms in total. The minimum absolute atomic E-state index is 0.171. The molecule has 0 saturated carbocycles. The number of rotatable bonds is 0. The smallest absolute Gasteiger partial charge is 0.0901 e. The molecule has 0 fully saturated rings. The molecule has 0 heterocycles. The summed E-state index contributed by atoms with van der Waals surface area (Å²) >= 11 is 0. The SMILES string of the molecule is CC1C=C(O)CC(N)C1. The van der Waals surface area contributed by atoms with E-state index in [9.17, 15) is 0 Å². The van der Waals surface area contributed by atoms with Gasteiger partial charge in [-0.3, -0.25) is 0 Å². The van der Waals surface area contributed by atoms with E-state index < -0.39 is 0 Å². The predicted octanol–water partition coefficient (Wildman–Crippen LogP) is 1.19. The summed E-state index contributed by atoms with van der Waals surface area (Å²) in [5.74, 6) is 0.912. The van der Waals surface area contributed by atoms with E-state index in [-0.39, 0.29) is 6.04 Å².